The van der Waals surface area contributed by atoms with Gasteiger partial charge in [-0.25, -0.2) is 4.39 Å². The van der Waals surface area contributed by atoms with Gasteiger partial charge in [-0.3, -0.25) is 0 Å². The number of hydrogen-bond donors (Lipinski definition) is 1. The third kappa shape index (κ3) is 3.14. The highest BCUT2D eigenvalue weighted by molar-refractivity contribution is 6.35. The number of halogens is 6. The lowest BCUT2D eigenvalue weighted by Crippen LogP contribution is -2.42. The fourth-order valence-electron chi connectivity index (χ4n) is 3.59. The molecule has 4 nitrogen and oxygen atoms in total. The van der Waals surface area contributed by atoms with Crippen LogP contribution in [0.1, 0.15) is 28.7 Å². The average molecular weight is 450 g/mol. The van der Waals surface area contributed by atoms with Crippen LogP contribution in [0, 0.1) is 5.82 Å². The van der Waals surface area contributed by atoms with Crippen LogP contribution in [-0.4, -0.2) is 23.6 Å². The van der Waals surface area contributed by atoms with E-state index in [2.05, 4.69) is 5.16 Å². The first kappa shape index (κ1) is 20.3. The first-order chi connectivity index (χ1) is 13.7. The maximum atomic E-state index is 14.1. The molecule has 0 fully saturated rings. The minimum Gasteiger partial charge on any atom is -0.493 e. The second-order valence-corrected chi connectivity index (χ2v) is 7.54. The molecular formula is C19H13Cl2F4NO3. The molecule has 0 amide bonds. The first-order valence-electron chi connectivity index (χ1n) is 8.53. The van der Waals surface area contributed by atoms with Crippen molar-refractivity contribution >= 4 is 28.9 Å². The molecule has 1 N–H and O–H groups in total. The molecule has 2 heterocycles. The Kier molecular flexibility index (Phi) is 4.91. The van der Waals surface area contributed by atoms with E-state index in [4.69, 9.17) is 32.8 Å². The zero-order valence-corrected chi connectivity index (χ0v) is 16.1. The molecule has 10 heteroatoms. The summed E-state index contributed by atoms with van der Waals surface area (Å²) in [4.78, 5) is 4.96. The van der Waals surface area contributed by atoms with Crippen LogP contribution >= 0.6 is 23.2 Å². The molecule has 1 unspecified atom stereocenters. The number of aliphatic hydroxyl groups excluding tert-OH is 1. The fraction of sp³-hybridized carbons (Fsp3) is 0.316. The van der Waals surface area contributed by atoms with Crippen molar-refractivity contribution in [3.63, 3.8) is 0 Å². The lowest BCUT2D eigenvalue weighted by Gasteiger charge is -2.29. The van der Waals surface area contributed by atoms with Crippen LogP contribution in [-0.2, 0) is 23.5 Å². The maximum absolute atomic E-state index is 14.1. The van der Waals surface area contributed by atoms with E-state index in [0.717, 1.165) is 12.1 Å². The lowest BCUT2D eigenvalue weighted by atomic mass is 9.85. The molecule has 0 bridgehead atoms. The molecular weight excluding hydrogens is 437 g/mol. The van der Waals surface area contributed by atoms with Crippen molar-refractivity contribution < 1.29 is 32.2 Å². The number of aliphatic hydroxyl groups is 1. The Morgan fingerprint density at radius 3 is 2.48 bits per heavy atom. The molecule has 2 aliphatic heterocycles. The molecule has 29 heavy (non-hydrogen) atoms. The Labute approximate surface area is 172 Å². The molecule has 0 aromatic heterocycles. The molecule has 154 valence electrons. The van der Waals surface area contributed by atoms with Crippen molar-refractivity contribution in [2.45, 2.75) is 31.2 Å². The highest BCUT2D eigenvalue weighted by atomic mass is 35.5. The van der Waals surface area contributed by atoms with Gasteiger partial charge in [0.1, 0.15) is 5.75 Å². The van der Waals surface area contributed by atoms with Crippen molar-refractivity contribution in [1.29, 1.82) is 0 Å². The van der Waals surface area contributed by atoms with Crippen LogP contribution in [0.4, 0.5) is 17.6 Å². The Bertz CT molecular complexity index is 1000. The summed E-state index contributed by atoms with van der Waals surface area (Å²) in [5.74, 6) is -0.562. The van der Waals surface area contributed by atoms with Crippen LogP contribution in [0.3, 0.4) is 0 Å². The van der Waals surface area contributed by atoms with Gasteiger partial charge in [0.25, 0.3) is 5.60 Å². The minimum atomic E-state index is -4.88. The van der Waals surface area contributed by atoms with Gasteiger partial charge >= 0.3 is 6.18 Å². The zero-order chi connectivity index (χ0) is 21.0. The van der Waals surface area contributed by atoms with Gasteiger partial charge in [-0.15, -0.1) is 0 Å². The fourth-order valence-corrected chi connectivity index (χ4v) is 4.08. The van der Waals surface area contributed by atoms with Gasteiger partial charge in [-0.2, -0.15) is 13.2 Å². The van der Waals surface area contributed by atoms with E-state index in [0.29, 0.717) is 35.5 Å². The van der Waals surface area contributed by atoms with Crippen LogP contribution < -0.4 is 4.74 Å². The molecule has 0 radical (unpaired) electrons. The third-order valence-corrected chi connectivity index (χ3v) is 5.61. The van der Waals surface area contributed by atoms with E-state index >= 15 is 0 Å². The van der Waals surface area contributed by atoms with Crippen LogP contribution in [0.15, 0.2) is 29.4 Å². The predicted octanol–water partition coefficient (Wildman–Crippen LogP) is 5.14. The van der Waals surface area contributed by atoms with Gasteiger partial charge in [0.2, 0.25) is 0 Å². The molecule has 0 saturated carbocycles. The standard InChI is InChI=1S/C19H13Cl2F4NO3/c20-13-5-10(6-14(21)16(13)22)18(19(23,24)25)7-15(26-29-18)11-2-1-9(8-27)17-12(11)3-4-28-17/h1-2,5-6,27H,3-4,7-8H2. The topological polar surface area (TPSA) is 51.1 Å². The Balaban J connectivity index is 1.78. The van der Waals surface area contributed by atoms with Gasteiger partial charge in [0.05, 0.1) is 29.0 Å². The van der Waals surface area contributed by atoms with Gasteiger partial charge in [-0.05, 0) is 12.1 Å². The molecule has 4 rings (SSSR count). The molecule has 1 atom stereocenters. The summed E-state index contributed by atoms with van der Waals surface area (Å²) in [5.41, 5.74) is -1.59. The highest BCUT2D eigenvalue weighted by Crippen LogP contribution is 2.50. The SMILES string of the molecule is OCc1ccc(C2=NOC(c3cc(Cl)c(F)c(Cl)c3)(C(F)(F)F)C2)c2c1OCC2. The second-order valence-electron chi connectivity index (χ2n) is 6.72. The summed E-state index contributed by atoms with van der Waals surface area (Å²) < 4.78 is 61.6. The molecule has 0 spiro atoms. The molecule has 2 aromatic rings. The lowest BCUT2D eigenvalue weighted by molar-refractivity contribution is -0.275. The molecule has 2 aliphatic rings. The normalized spacial score (nSPS) is 20.9. The number of oxime groups is 1. The Morgan fingerprint density at radius 1 is 1.17 bits per heavy atom. The summed E-state index contributed by atoms with van der Waals surface area (Å²) in [7, 11) is 0. The van der Waals surface area contributed by atoms with Crippen LogP contribution in [0.2, 0.25) is 10.0 Å². The van der Waals surface area contributed by atoms with E-state index in [1.807, 2.05) is 0 Å². The predicted molar refractivity (Wildman–Crippen MR) is 98.0 cm³/mol. The number of hydrogen-bond acceptors (Lipinski definition) is 4. The van der Waals surface area contributed by atoms with Crippen LogP contribution in [0.25, 0.3) is 0 Å². The van der Waals surface area contributed by atoms with E-state index in [-0.39, 0.29) is 12.3 Å². The quantitative estimate of drug-likeness (QED) is 0.521. The largest absolute Gasteiger partial charge is 0.493 e. The molecule has 2 aromatic carbocycles. The Hall–Kier alpha value is -2.03. The van der Waals surface area contributed by atoms with Crippen molar-refractivity contribution in [2.75, 3.05) is 6.61 Å². The summed E-state index contributed by atoms with van der Waals surface area (Å²) in [5, 5.41) is 12.1. The summed E-state index contributed by atoms with van der Waals surface area (Å²) >= 11 is 11.4. The first-order valence-corrected chi connectivity index (χ1v) is 9.29. The summed E-state index contributed by atoms with van der Waals surface area (Å²) in [6, 6.07) is 4.84. The number of fused-ring (bicyclic) bond motifs is 1. The minimum absolute atomic E-state index is 0.0603. The van der Waals surface area contributed by atoms with E-state index < -0.39 is 39.6 Å². The molecule has 0 saturated heterocycles. The number of alkyl halides is 3. The highest BCUT2D eigenvalue weighted by Gasteiger charge is 2.62. The third-order valence-electron chi connectivity index (χ3n) is 5.06. The van der Waals surface area contributed by atoms with E-state index in [1.54, 1.807) is 12.1 Å². The van der Waals surface area contributed by atoms with E-state index in [9.17, 15) is 22.7 Å². The number of ether oxygens (including phenoxy) is 1. The van der Waals surface area contributed by atoms with Gasteiger partial charge < -0.3 is 14.7 Å². The summed E-state index contributed by atoms with van der Waals surface area (Å²) in [6.45, 7) is 0.0890. The van der Waals surface area contributed by atoms with Crippen molar-refractivity contribution in [3.05, 3.63) is 62.4 Å². The number of rotatable bonds is 3. The van der Waals surface area contributed by atoms with E-state index in [1.165, 1.54) is 0 Å². The maximum Gasteiger partial charge on any atom is 0.435 e. The Morgan fingerprint density at radius 2 is 1.86 bits per heavy atom. The van der Waals surface area contributed by atoms with Crippen molar-refractivity contribution in [2.24, 2.45) is 5.16 Å². The number of nitrogens with zero attached hydrogens (tertiary/aromatic N) is 1. The average Bonchev–Trinajstić information content (AvgIpc) is 3.32. The zero-order valence-electron chi connectivity index (χ0n) is 14.6. The summed E-state index contributed by atoms with van der Waals surface area (Å²) in [6.07, 6.45) is -5.07. The molecule has 0 aliphatic carbocycles. The van der Waals surface area contributed by atoms with Gasteiger partial charge in [0, 0.05) is 35.1 Å². The number of benzene rings is 2. The monoisotopic (exact) mass is 449 g/mol. The van der Waals surface area contributed by atoms with Crippen LogP contribution in [0.5, 0.6) is 5.75 Å². The van der Waals surface area contributed by atoms with Gasteiger partial charge in [0.15, 0.2) is 5.82 Å². The van der Waals surface area contributed by atoms with Gasteiger partial charge in [-0.1, -0.05) is 40.5 Å². The van der Waals surface area contributed by atoms with Crippen molar-refractivity contribution in [3.8, 4) is 5.75 Å². The smallest absolute Gasteiger partial charge is 0.435 e. The van der Waals surface area contributed by atoms with Crippen molar-refractivity contribution in [1.82, 2.24) is 0 Å². The second kappa shape index (κ2) is 7.04.